The van der Waals surface area contributed by atoms with Gasteiger partial charge in [0.1, 0.15) is 11.7 Å². The molecule has 1 aliphatic carbocycles. The van der Waals surface area contributed by atoms with E-state index in [-0.39, 0.29) is 6.04 Å². The van der Waals surface area contributed by atoms with Crippen molar-refractivity contribution in [1.29, 1.82) is 0 Å². The van der Waals surface area contributed by atoms with E-state index in [0.29, 0.717) is 0 Å². The van der Waals surface area contributed by atoms with Gasteiger partial charge in [0.2, 0.25) is 17.1 Å². The summed E-state index contributed by atoms with van der Waals surface area (Å²) in [6, 6.07) is 49.2. The van der Waals surface area contributed by atoms with Crippen molar-refractivity contribution < 1.29 is 0 Å². The van der Waals surface area contributed by atoms with Crippen LogP contribution in [0.15, 0.2) is 152 Å². The number of thiophene rings is 1. The Morgan fingerprint density at radius 3 is 2.35 bits per heavy atom. The maximum Gasteiger partial charge on any atom is 0.235 e. The molecule has 3 aliphatic rings. The van der Waals surface area contributed by atoms with Gasteiger partial charge in [-0.2, -0.15) is 4.58 Å². The summed E-state index contributed by atoms with van der Waals surface area (Å²) in [4.78, 5) is 2.61. The first-order chi connectivity index (χ1) is 22.8. The Morgan fingerprint density at radius 2 is 1.41 bits per heavy atom. The molecule has 3 nitrogen and oxygen atoms in total. The number of benzene rings is 6. The molecule has 6 aromatic carbocycles. The van der Waals surface area contributed by atoms with Crippen molar-refractivity contribution in [3.63, 3.8) is 0 Å². The number of fused-ring (bicyclic) bond motifs is 12. The van der Waals surface area contributed by atoms with Crippen LogP contribution in [0.3, 0.4) is 0 Å². The minimum atomic E-state index is 0.0938. The second-order valence-corrected chi connectivity index (χ2v) is 13.4. The third kappa shape index (κ3) is 3.09. The molecule has 214 valence electrons. The van der Waals surface area contributed by atoms with E-state index in [2.05, 4.69) is 166 Å². The molecule has 0 saturated heterocycles. The van der Waals surface area contributed by atoms with Gasteiger partial charge < -0.3 is 9.47 Å². The zero-order chi connectivity index (χ0) is 29.9. The molecule has 0 radical (unpaired) electrons. The van der Waals surface area contributed by atoms with E-state index in [1.807, 2.05) is 11.3 Å². The second kappa shape index (κ2) is 8.94. The molecule has 11 rings (SSSR count). The second-order valence-electron chi connectivity index (χ2n) is 12.3. The molecule has 2 aliphatic heterocycles. The van der Waals surface area contributed by atoms with Crippen molar-refractivity contribution in [3.05, 3.63) is 157 Å². The smallest absolute Gasteiger partial charge is 0.235 e. The van der Waals surface area contributed by atoms with E-state index in [4.69, 9.17) is 0 Å². The summed E-state index contributed by atoms with van der Waals surface area (Å²) in [5, 5.41) is 5.23. The number of aromatic nitrogens is 1. The summed E-state index contributed by atoms with van der Waals surface area (Å²) in [6.07, 6.45) is 6.85. The van der Waals surface area contributed by atoms with E-state index in [0.717, 1.165) is 0 Å². The fourth-order valence-corrected chi connectivity index (χ4v) is 9.29. The van der Waals surface area contributed by atoms with Gasteiger partial charge in [-0.3, -0.25) is 0 Å². The normalized spacial score (nSPS) is 16.4. The van der Waals surface area contributed by atoms with Gasteiger partial charge in [0.15, 0.2) is 0 Å². The largest absolute Gasteiger partial charge is 0.317 e. The number of anilines is 2. The lowest BCUT2D eigenvalue weighted by atomic mass is 9.92. The molecular weight excluding hydrogens is 579 g/mol. The topological polar surface area (TPSA) is 11.2 Å². The van der Waals surface area contributed by atoms with Crippen LogP contribution < -0.4 is 9.48 Å². The summed E-state index contributed by atoms with van der Waals surface area (Å²) in [6.45, 7) is 0. The van der Waals surface area contributed by atoms with Crippen LogP contribution >= 0.6 is 11.3 Å². The highest BCUT2D eigenvalue weighted by atomic mass is 32.1. The Labute approximate surface area is 269 Å². The fraction of sp³-hybridized carbons (Fsp3) is 0.0238. The minimum absolute atomic E-state index is 0.0938. The SMILES string of the molecule is C1=CC2=[N+](c3ccccc3)c3ccccc3N3c4c(ccc5c4c4ccccc4n5-c4ccc5sc6ccccc6c5c4)C(=C1)C23. The molecule has 0 bridgehead atoms. The maximum absolute atomic E-state index is 2.61. The lowest BCUT2D eigenvalue weighted by Gasteiger charge is -2.33. The van der Waals surface area contributed by atoms with E-state index >= 15 is 0 Å². The molecule has 4 heteroatoms. The molecule has 0 spiro atoms. The summed E-state index contributed by atoms with van der Waals surface area (Å²) in [7, 11) is 0. The predicted octanol–water partition coefficient (Wildman–Crippen LogP) is 10.9. The quantitative estimate of drug-likeness (QED) is 0.179. The molecular formula is C42H26N3S+. The minimum Gasteiger partial charge on any atom is -0.317 e. The van der Waals surface area contributed by atoms with Crippen LogP contribution in [0.2, 0.25) is 0 Å². The summed E-state index contributed by atoms with van der Waals surface area (Å²) < 4.78 is 7.58. The molecule has 0 saturated carbocycles. The van der Waals surface area contributed by atoms with Gasteiger partial charge in [0.05, 0.1) is 16.7 Å². The van der Waals surface area contributed by atoms with Crippen LogP contribution in [0.4, 0.5) is 22.7 Å². The van der Waals surface area contributed by atoms with Gasteiger partial charge >= 0.3 is 0 Å². The van der Waals surface area contributed by atoms with Crippen molar-refractivity contribution >= 4 is 87.3 Å². The Hall–Kier alpha value is -5.71. The third-order valence-electron chi connectivity index (χ3n) is 10.0. The van der Waals surface area contributed by atoms with Crippen molar-refractivity contribution in [2.75, 3.05) is 4.90 Å². The Bertz CT molecular complexity index is 2700. The first kappa shape index (κ1) is 24.6. The van der Waals surface area contributed by atoms with Gasteiger partial charge in [-0.15, -0.1) is 11.3 Å². The number of nitrogens with zero attached hydrogens (tertiary/aromatic N) is 3. The summed E-state index contributed by atoms with van der Waals surface area (Å²) in [5.74, 6) is 0. The lowest BCUT2D eigenvalue weighted by Crippen LogP contribution is -2.43. The Balaban J connectivity index is 1.23. The van der Waals surface area contributed by atoms with E-state index < -0.39 is 0 Å². The average Bonchev–Trinajstić information content (AvgIpc) is 3.77. The summed E-state index contributed by atoms with van der Waals surface area (Å²) >= 11 is 1.87. The van der Waals surface area contributed by atoms with Crippen LogP contribution in [0.1, 0.15) is 5.56 Å². The first-order valence-corrected chi connectivity index (χ1v) is 16.6. The molecule has 4 heterocycles. The molecule has 2 aromatic heterocycles. The van der Waals surface area contributed by atoms with E-state index in [9.17, 15) is 0 Å². The van der Waals surface area contributed by atoms with Crippen molar-refractivity contribution in [2.45, 2.75) is 6.04 Å². The molecule has 1 unspecified atom stereocenters. The van der Waals surface area contributed by atoms with Crippen LogP contribution in [0, 0.1) is 0 Å². The standard InChI is InChI=1S/C42H26N3S/c1-2-11-26(12-3-1)43-34-17-7-8-18-35(34)45-41-29(15-10-19-37(41)43)30-22-23-36-40(42(30)45)31-14-4-6-16-33(31)44(36)27-21-24-39-32(25-27)28-13-5-9-20-38(28)46-39/h1-25,41H/q+1. The average molecular weight is 605 g/mol. The maximum atomic E-state index is 2.61. The fourth-order valence-electron chi connectivity index (χ4n) is 8.20. The van der Waals surface area contributed by atoms with Crippen LogP contribution in [0.5, 0.6) is 0 Å². The van der Waals surface area contributed by atoms with Crippen LogP contribution in [-0.2, 0) is 0 Å². The molecule has 0 N–H and O–H groups in total. The number of allylic oxidation sites excluding steroid dienone is 2. The molecule has 46 heavy (non-hydrogen) atoms. The highest BCUT2D eigenvalue weighted by Gasteiger charge is 2.49. The third-order valence-corrected chi connectivity index (χ3v) is 11.2. The predicted molar refractivity (Wildman–Crippen MR) is 196 cm³/mol. The first-order valence-electron chi connectivity index (χ1n) is 15.8. The number of rotatable bonds is 2. The van der Waals surface area contributed by atoms with Crippen molar-refractivity contribution in [2.24, 2.45) is 0 Å². The zero-order valence-electron chi connectivity index (χ0n) is 24.8. The van der Waals surface area contributed by atoms with Crippen molar-refractivity contribution in [1.82, 2.24) is 9.14 Å². The van der Waals surface area contributed by atoms with Gasteiger partial charge in [-0.1, -0.05) is 84.9 Å². The van der Waals surface area contributed by atoms with Crippen LogP contribution in [-0.4, -0.2) is 16.3 Å². The van der Waals surface area contributed by atoms with Crippen LogP contribution in [0.25, 0.3) is 53.2 Å². The van der Waals surface area contributed by atoms with Gasteiger partial charge in [0.25, 0.3) is 0 Å². The molecule has 0 amide bonds. The number of para-hydroxylation sites is 4. The van der Waals surface area contributed by atoms with E-state index in [1.54, 1.807) is 0 Å². The lowest BCUT2D eigenvalue weighted by molar-refractivity contribution is 0.933. The molecule has 0 fully saturated rings. The van der Waals surface area contributed by atoms with Gasteiger partial charge in [0, 0.05) is 66.5 Å². The van der Waals surface area contributed by atoms with E-state index in [1.165, 1.54) is 87.3 Å². The van der Waals surface area contributed by atoms with Crippen molar-refractivity contribution in [3.8, 4) is 5.69 Å². The summed E-state index contributed by atoms with van der Waals surface area (Å²) in [5.41, 5.74) is 12.5. The monoisotopic (exact) mass is 604 g/mol. The molecule has 8 aromatic rings. The Morgan fingerprint density at radius 1 is 0.630 bits per heavy atom. The molecule has 1 atom stereocenters. The highest BCUT2D eigenvalue weighted by Crippen LogP contribution is 2.56. The van der Waals surface area contributed by atoms with Gasteiger partial charge in [-0.05, 0) is 48.0 Å². The highest BCUT2D eigenvalue weighted by molar-refractivity contribution is 7.25. The zero-order valence-corrected chi connectivity index (χ0v) is 25.6. The number of hydrogen-bond acceptors (Lipinski definition) is 2. The van der Waals surface area contributed by atoms with Gasteiger partial charge in [-0.25, -0.2) is 0 Å². The Kier molecular flexibility index (Phi) is 4.78. The number of hydrogen-bond donors (Lipinski definition) is 0.